The van der Waals surface area contributed by atoms with Crippen LogP contribution in [0.25, 0.3) is 0 Å². The quantitative estimate of drug-likeness (QED) is 0.721. The minimum absolute atomic E-state index is 0.630. The van der Waals surface area contributed by atoms with Crippen LogP contribution in [0.15, 0.2) is 0 Å². The van der Waals surface area contributed by atoms with Crippen molar-refractivity contribution in [3.63, 3.8) is 0 Å². The molecule has 2 fully saturated rings. The molecule has 1 saturated heterocycles. The van der Waals surface area contributed by atoms with Crippen molar-refractivity contribution < 1.29 is 0 Å². The minimum atomic E-state index is 0.630. The molecule has 0 aromatic heterocycles. The van der Waals surface area contributed by atoms with E-state index in [-0.39, 0.29) is 0 Å². The molecule has 1 heterocycles. The van der Waals surface area contributed by atoms with Crippen molar-refractivity contribution in [3.05, 3.63) is 0 Å². The molecule has 0 amide bonds. The first kappa shape index (κ1) is 16.3. The molecule has 0 bridgehead atoms. The molecule has 2 nitrogen and oxygen atoms in total. The Morgan fingerprint density at radius 2 is 1.85 bits per heavy atom. The van der Waals surface area contributed by atoms with E-state index in [2.05, 4.69) is 31.0 Å². The van der Waals surface area contributed by atoms with Crippen LogP contribution >= 0.6 is 0 Å². The molecule has 1 N–H and O–H groups in total. The van der Waals surface area contributed by atoms with Crippen LogP contribution in [0.5, 0.6) is 0 Å². The van der Waals surface area contributed by atoms with Crippen LogP contribution in [-0.4, -0.2) is 37.1 Å². The van der Waals surface area contributed by atoms with Gasteiger partial charge in [0.1, 0.15) is 0 Å². The zero-order valence-corrected chi connectivity index (χ0v) is 14.1. The molecule has 0 aromatic carbocycles. The molecule has 1 aliphatic heterocycles. The lowest BCUT2D eigenvalue weighted by molar-refractivity contribution is 0.203. The summed E-state index contributed by atoms with van der Waals surface area (Å²) in [6.07, 6.45) is 11.2. The molecule has 1 atom stereocenters. The van der Waals surface area contributed by atoms with Crippen molar-refractivity contribution in [2.24, 2.45) is 11.3 Å². The van der Waals surface area contributed by atoms with Crippen LogP contribution in [0.2, 0.25) is 0 Å². The maximum absolute atomic E-state index is 3.86. The molecule has 20 heavy (non-hydrogen) atoms. The Balaban J connectivity index is 1.87. The topological polar surface area (TPSA) is 15.3 Å². The summed E-state index contributed by atoms with van der Waals surface area (Å²) in [4.78, 5) is 2.76. The molecule has 1 unspecified atom stereocenters. The van der Waals surface area contributed by atoms with E-state index in [0.717, 1.165) is 12.0 Å². The Bertz CT molecular complexity index is 267. The van der Waals surface area contributed by atoms with E-state index in [0.29, 0.717) is 5.41 Å². The van der Waals surface area contributed by atoms with Gasteiger partial charge in [-0.1, -0.05) is 33.6 Å². The third-order valence-corrected chi connectivity index (χ3v) is 6.10. The SMILES string of the molecule is CCCNC(CN1CCC(CC)(CC)C1)C1CCCC1. The van der Waals surface area contributed by atoms with Gasteiger partial charge in [0.2, 0.25) is 0 Å². The summed E-state index contributed by atoms with van der Waals surface area (Å²) in [6, 6.07) is 0.752. The lowest BCUT2D eigenvalue weighted by atomic mass is 9.82. The second-order valence-corrected chi connectivity index (χ2v) is 7.30. The van der Waals surface area contributed by atoms with Crippen molar-refractivity contribution in [2.45, 2.75) is 78.2 Å². The van der Waals surface area contributed by atoms with E-state index in [4.69, 9.17) is 0 Å². The van der Waals surface area contributed by atoms with Crippen LogP contribution < -0.4 is 5.32 Å². The molecule has 2 heteroatoms. The Labute approximate surface area is 126 Å². The smallest absolute Gasteiger partial charge is 0.0223 e. The average molecular weight is 280 g/mol. The molecule has 118 valence electrons. The van der Waals surface area contributed by atoms with Gasteiger partial charge >= 0.3 is 0 Å². The molecule has 0 radical (unpaired) electrons. The average Bonchev–Trinajstić information content (AvgIpc) is 3.13. The summed E-state index contributed by atoms with van der Waals surface area (Å²) in [5.74, 6) is 0.944. The van der Waals surface area contributed by atoms with Crippen LogP contribution in [0.1, 0.15) is 72.1 Å². The molecular weight excluding hydrogens is 244 g/mol. The van der Waals surface area contributed by atoms with Gasteiger partial charge in [-0.2, -0.15) is 0 Å². The van der Waals surface area contributed by atoms with E-state index < -0.39 is 0 Å². The van der Waals surface area contributed by atoms with Gasteiger partial charge in [0, 0.05) is 19.1 Å². The number of hydrogen-bond donors (Lipinski definition) is 1. The van der Waals surface area contributed by atoms with Gasteiger partial charge < -0.3 is 10.2 Å². The third-order valence-electron chi connectivity index (χ3n) is 6.10. The summed E-state index contributed by atoms with van der Waals surface area (Å²) in [6.45, 7) is 12.2. The van der Waals surface area contributed by atoms with Gasteiger partial charge in [-0.25, -0.2) is 0 Å². The summed E-state index contributed by atoms with van der Waals surface area (Å²) in [7, 11) is 0. The number of nitrogens with one attached hydrogen (secondary N) is 1. The molecule has 1 saturated carbocycles. The van der Waals surface area contributed by atoms with E-state index in [1.807, 2.05) is 0 Å². The van der Waals surface area contributed by atoms with E-state index in [1.54, 1.807) is 0 Å². The highest BCUT2D eigenvalue weighted by molar-refractivity contribution is 4.91. The number of hydrogen-bond acceptors (Lipinski definition) is 2. The van der Waals surface area contributed by atoms with E-state index in [1.165, 1.54) is 77.5 Å². The molecule has 0 spiro atoms. The second kappa shape index (κ2) is 7.79. The molecular formula is C18H36N2. The predicted molar refractivity (Wildman–Crippen MR) is 88.1 cm³/mol. The zero-order valence-electron chi connectivity index (χ0n) is 14.1. The lowest BCUT2D eigenvalue weighted by Gasteiger charge is -2.31. The fraction of sp³-hybridized carbons (Fsp3) is 1.00. The Kier molecular flexibility index (Phi) is 6.35. The minimum Gasteiger partial charge on any atom is -0.312 e. The summed E-state index contributed by atoms with van der Waals surface area (Å²) >= 11 is 0. The zero-order chi connectivity index (χ0) is 14.4. The predicted octanol–water partition coefficient (Wildman–Crippen LogP) is 4.06. The largest absolute Gasteiger partial charge is 0.312 e. The van der Waals surface area contributed by atoms with Crippen molar-refractivity contribution in [1.82, 2.24) is 10.2 Å². The van der Waals surface area contributed by atoms with Crippen molar-refractivity contribution >= 4 is 0 Å². The van der Waals surface area contributed by atoms with E-state index >= 15 is 0 Å². The van der Waals surface area contributed by atoms with Crippen molar-refractivity contribution in [1.29, 1.82) is 0 Å². The maximum Gasteiger partial charge on any atom is 0.0223 e. The normalized spacial score (nSPS) is 25.4. The number of likely N-dealkylation sites (tertiary alicyclic amines) is 1. The fourth-order valence-electron chi connectivity index (χ4n) is 4.36. The monoisotopic (exact) mass is 280 g/mol. The first-order valence-corrected chi connectivity index (χ1v) is 9.18. The summed E-state index contributed by atoms with van der Waals surface area (Å²) in [5, 5.41) is 3.86. The molecule has 2 rings (SSSR count). The van der Waals surface area contributed by atoms with Gasteiger partial charge in [-0.15, -0.1) is 0 Å². The second-order valence-electron chi connectivity index (χ2n) is 7.30. The highest BCUT2D eigenvalue weighted by Crippen LogP contribution is 2.37. The van der Waals surface area contributed by atoms with Crippen molar-refractivity contribution in [3.8, 4) is 0 Å². The molecule has 1 aliphatic carbocycles. The standard InChI is InChI=1S/C18H36N2/c1-4-12-19-17(16-9-7-8-10-16)14-20-13-11-18(5-2,6-3)15-20/h16-17,19H,4-15H2,1-3H3. The molecule has 2 aliphatic rings. The van der Waals surface area contributed by atoms with E-state index in [9.17, 15) is 0 Å². The summed E-state index contributed by atoms with van der Waals surface area (Å²) in [5.41, 5.74) is 0.630. The highest BCUT2D eigenvalue weighted by atomic mass is 15.2. The fourth-order valence-corrected chi connectivity index (χ4v) is 4.36. The Morgan fingerprint density at radius 1 is 1.15 bits per heavy atom. The highest BCUT2D eigenvalue weighted by Gasteiger charge is 2.36. The van der Waals surface area contributed by atoms with Crippen LogP contribution in [-0.2, 0) is 0 Å². The van der Waals surface area contributed by atoms with Gasteiger partial charge in [0.15, 0.2) is 0 Å². The lowest BCUT2D eigenvalue weighted by Crippen LogP contribution is -2.45. The van der Waals surface area contributed by atoms with Gasteiger partial charge in [-0.05, 0) is 62.9 Å². The van der Waals surface area contributed by atoms with Crippen molar-refractivity contribution in [2.75, 3.05) is 26.2 Å². The van der Waals surface area contributed by atoms with Crippen LogP contribution in [0.3, 0.4) is 0 Å². The third kappa shape index (κ3) is 3.98. The number of nitrogens with zero attached hydrogens (tertiary/aromatic N) is 1. The first-order valence-electron chi connectivity index (χ1n) is 9.18. The van der Waals surface area contributed by atoms with Gasteiger partial charge in [0.25, 0.3) is 0 Å². The van der Waals surface area contributed by atoms with Crippen LogP contribution in [0.4, 0.5) is 0 Å². The number of rotatable bonds is 8. The summed E-state index contributed by atoms with van der Waals surface area (Å²) < 4.78 is 0. The Morgan fingerprint density at radius 3 is 2.40 bits per heavy atom. The van der Waals surface area contributed by atoms with Gasteiger partial charge in [0.05, 0.1) is 0 Å². The Hall–Kier alpha value is -0.0800. The van der Waals surface area contributed by atoms with Crippen LogP contribution in [0, 0.1) is 11.3 Å². The van der Waals surface area contributed by atoms with Gasteiger partial charge in [-0.3, -0.25) is 0 Å². The molecule has 0 aromatic rings. The maximum atomic E-state index is 3.86. The first-order chi connectivity index (χ1) is 9.73.